The van der Waals surface area contributed by atoms with E-state index in [1.54, 1.807) is 11.5 Å². The number of benzene rings is 2. The van der Waals surface area contributed by atoms with Gasteiger partial charge < -0.3 is 10.3 Å². The zero-order valence-electron chi connectivity index (χ0n) is 16.0. The van der Waals surface area contributed by atoms with Crippen LogP contribution in [0, 0.1) is 0 Å². The second-order valence-corrected chi connectivity index (χ2v) is 8.25. The van der Waals surface area contributed by atoms with Crippen LogP contribution in [0.5, 0.6) is 0 Å². The highest BCUT2D eigenvalue weighted by atomic mass is 32.1. The van der Waals surface area contributed by atoms with Crippen LogP contribution in [-0.2, 0) is 0 Å². The molecular weight excluding hydrogens is 368 g/mol. The third kappa shape index (κ3) is 3.53. The zero-order chi connectivity index (χ0) is 18.8. The molecule has 0 unspecified atom stereocenters. The lowest BCUT2D eigenvalue weighted by Gasteiger charge is -2.35. The van der Waals surface area contributed by atoms with E-state index in [0.717, 1.165) is 38.4 Å². The number of unbranched alkanes of at least 4 members (excludes halogenated alkanes) is 1. The highest BCUT2D eigenvalue weighted by molar-refractivity contribution is 7.13. The largest absolute Gasteiger partial charge is 0.353 e. The van der Waals surface area contributed by atoms with E-state index in [0.29, 0.717) is 0 Å². The second-order valence-electron chi connectivity index (χ2n) is 7.44. The number of rotatable bonds is 6. The van der Waals surface area contributed by atoms with Crippen molar-refractivity contribution < 1.29 is 0 Å². The Balaban J connectivity index is 1.07. The Morgan fingerprint density at radius 3 is 2.61 bits per heavy atom. The Hall–Kier alpha value is -2.35. The summed E-state index contributed by atoms with van der Waals surface area (Å²) in [5, 5.41) is 3.51. The van der Waals surface area contributed by atoms with E-state index in [1.165, 1.54) is 41.0 Å². The average Bonchev–Trinajstić information content (AvgIpc) is 3.36. The van der Waals surface area contributed by atoms with Gasteiger partial charge in [-0.2, -0.15) is 4.37 Å². The molecule has 0 spiro atoms. The highest BCUT2D eigenvalue weighted by Gasteiger charge is 2.21. The van der Waals surface area contributed by atoms with Crippen LogP contribution in [-0.4, -0.2) is 48.5 Å². The number of nitrogens with zero attached hydrogens (tertiary/aromatic N) is 4. The minimum atomic E-state index is 1.02. The molecule has 1 fully saturated rings. The van der Waals surface area contributed by atoms with Crippen LogP contribution in [0.1, 0.15) is 12.8 Å². The fourth-order valence-electron chi connectivity index (χ4n) is 4.07. The number of para-hydroxylation sites is 2. The van der Waals surface area contributed by atoms with Gasteiger partial charge in [-0.15, -0.1) is 5.53 Å². The molecule has 0 radical (unpaired) electrons. The van der Waals surface area contributed by atoms with E-state index in [9.17, 15) is 0 Å². The predicted molar refractivity (Wildman–Crippen MR) is 118 cm³/mol. The Morgan fingerprint density at radius 2 is 1.68 bits per heavy atom. The number of hydrogen-bond donors (Lipinski definition) is 2. The predicted octanol–water partition coefficient (Wildman–Crippen LogP) is 3.55. The average molecular weight is 395 g/mol. The molecule has 2 aromatic carbocycles. The smallest absolute Gasteiger partial charge is 0.150 e. The molecule has 3 heterocycles. The zero-order valence-corrected chi connectivity index (χ0v) is 16.8. The molecule has 28 heavy (non-hydrogen) atoms. The summed E-state index contributed by atoms with van der Waals surface area (Å²) in [7, 11) is 0. The molecule has 2 aliphatic heterocycles. The summed E-state index contributed by atoms with van der Waals surface area (Å²) in [5.41, 5.74) is 8.88. The van der Waals surface area contributed by atoms with Crippen molar-refractivity contribution in [2.24, 2.45) is 0 Å². The molecule has 0 atom stereocenters. The fraction of sp³-hybridized carbons (Fsp3) is 0.381. The second kappa shape index (κ2) is 7.95. The van der Waals surface area contributed by atoms with Crippen molar-refractivity contribution in [3.63, 3.8) is 0 Å². The van der Waals surface area contributed by atoms with Gasteiger partial charge >= 0.3 is 0 Å². The molecule has 3 aromatic rings. The van der Waals surface area contributed by atoms with Crippen molar-refractivity contribution in [2.75, 3.05) is 54.6 Å². The lowest BCUT2D eigenvalue weighted by molar-refractivity contribution is 0.253. The Labute approximate surface area is 169 Å². The SMILES string of the molecule is c1ccc2c(c1)NNN2CCCCN1CCN(c2nsc3ccccc23)CC1. The van der Waals surface area contributed by atoms with Crippen molar-refractivity contribution in [3.8, 4) is 0 Å². The van der Waals surface area contributed by atoms with E-state index >= 15 is 0 Å². The molecular formula is C21H26N6S. The summed E-state index contributed by atoms with van der Waals surface area (Å²) in [6.45, 7) is 6.58. The monoisotopic (exact) mass is 394 g/mol. The van der Waals surface area contributed by atoms with Gasteiger partial charge in [-0.3, -0.25) is 9.91 Å². The summed E-state index contributed by atoms with van der Waals surface area (Å²) in [5.74, 6) is 1.17. The first kappa shape index (κ1) is 17.7. The lowest BCUT2D eigenvalue weighted by Crippen LogP contribution is -2.47. The van der Waals surface area contributed by atoms with Crippen LogP contribution in [0.25, 0.3) is 10.1 Å². The quantitative estimate of drug-likeness (QED) is 0.624. The standard InChI is InChI=1S/C21H26N6S/c1-4-10-20-17(7-1)21(23-28-20)26-15-13-25(14-16-26)11-5-6-12-27-19-9-3-2-8-18(19)22-24-27/h1-4,7-10,22,24H,5-6,11-16H2. The Kier molecular flexibility index (Phi) is 5.03. The molecule has 146 valence electrons. The van der Waals surface area contributed by atoms with Gasteiger partial charge in [0.2, 0.25) is 0 Å². The number of piperazine rings is 1. The van der Waals surface area contributed by atoms with E-state index in [1.807, 2.05) is 0 Å². The maximum atomic E-state index is 4.71. The molecule has 0 bridgehead atoms. The Morgan fingerprint density at radius 1 is 0.893 bits per heavy atom. The molecule has 0 saturated carbocycles. The highest BCUT2D eigenvalue weighted by Crippen LogP contribution is 2.30. The number of anilines is 3. The summed E-state index contributed by atoms with van der Waals surface area (Å²) >= 11 is 1.61. The molecule has 0 aliphatic carbocycles. The molecule has 5 rings (SSSR count). The topological polar surface area (TPSA) is 46.7 Å². The molecule has 0 amide bonds. The van der Waals surface area contributed by atoms with E-state index in [-0.39, 0.29) is 0 Å². The molecule has 6 nitrogen and oxygen atoms in total. The van der Waals surface area contributed by atoms with Crippen LogP contribution >= 0.6 is 11.5 Å². The third-order valence-corrected chi connectivity index (χ3v) is 6.47. The van der Waals surface area contributed by atoms with Gasteiger partial charge in [-0.05, 0) is 55.2 Å². The van der Waals surface area contributed by atoms with Crippen molar-refractivity contribution in [1.29, 1.82) is 0 Å². The minimum Gasteiger partial charge on any atom is -0.353 e. The van der Waals surface area contributed by atoms with Gasteiger partial charge in [-0.1, -0.05) is 24.3 Å². The Bertz CT molecular complexity index is 933. The summed E-state index contributed by atoms with van der Waals surface area (Å²) < 4.78 is 6.00. The van der Waals surface area contributed by atoms with Crippen LogP contribution in [0.2, 0.25) is 0 Å². The van der Waals surface area contributed by atoms with Crippen LogP contribution in [0.3, 0.4) is 0 Å². The number of aromatic nitrogens is 1. The van der Waals surface area contributed by atoms with Crippen molar-refractivity contribution >= 4 is 38.8 Å². The van der Waals surface area contributed by atoms with Gasteiger partial charge in [0, 0.05) is 38.1 Å². The summed E-state index contributed by atoms with van der Waals surface area (Å²) in [6, 6.07) is 17.0. The molecule has 1 aromatic heterocycles. The first-order chi connectivity index (χ1) is 13.9. The van der Waals surface area contributed by atoms with Gasteiger partial charge in [0.05, 0.1) is 16.1 Å². The molecule has 7 heteroatoms. The first-order valence-corrected chi connectivity index (χ1v) is 10.9. The van der Waals surface area contributed by atoms with Crippen molar-refractivity contribution in [1.82, 2.24) is 14.8 Å². The van der Waals surface area contributed by atoms with Gasteiger partial charge in [0.15, 0.2) is 0 Å². The molecule has 2 aliphatic rings. The molecule has 2 N–H and O–H groups in total. The lowest BCUT2D eigenvalue weighted by atomic mass is 10.2. The number of nitrogens with one attached hydrogen (secondary N) is 2. The molecule has 1 saturated heterocycles. The van der Waals surface area contributed by atoms with Gasteiger partial charge in [0.1, 0.15) is 5.82 Å². The number of fused-ring (bicyclic) bond motifs is 2. The maximum absolute atomic E-state index is 4.71. The summed E-state index contributed by atoms with van der Waals surface area (Å²) in [4.78, 5) is 5.04. The van der Waals surface area contributed by atoms with Crippen molar-refractivity contribution in [2.45, 2.75) is 12.8 Å². The van der Waals surface area contributed by atoms with Crippen LogP contribution < -0.4 is 20.9 Å². The van der Waals surface area contributed by atoms with Crippen LogP contribution in [0.4, 0.5) is 17.2 Å². The number of hydrazine groups is 2. The third-order valence-electron chi connectivity index (χ3n) is 5.66. The van der Waals surface area contributed by atoms with Gasteiger partial charge in [-0.25, -0.2) is 0 Å². The number of hydrogen-bond acceptors (Lipinski definition) is 7. The van der Waals surface area contributed by atoms with Gasteiger partial charge in [0.25, 0.3) is 0 Å². The fourth-order valence-corrected chi connectivity index (χ4v) is 4.86. The normalized spacial score (nSPS) is 17.1. The summed E-state index contributed by atoms with van der Waals surface area (Å²) in [6.07, 6.45) is 2.40. The van der Waals surface area contributed by atoms with E-state index in [4.69, 9.17) is 4.37 Å². The van der Waals surface area contributed by atoms with E-state index in [2.05, 4.69) is 74.3 Å². The van der Waals surface area contributed by atoms with Crippen molar-refractivity contribution in [3.05, 3.63) is 48.5 Å². The minimum absolute atomic E-state index is 1.02. The van der Waals surface area contributed by atoms with Crippen LogP contribution in [0.15, 0.2) is 48.5 Å². The first-order valence-electron chi connectivity index (χ1n) is 10.1. The van der Waals surface area contributed by atoms with E-state index < -0.39 is 0 Å². The maximum Gasteiger partial charge on any atom is 0.150 e.